The predicted octanol–water partition coefficient (Wildman–Crippen LogP) is 1.50. The topological polar surface area (TPSA) is 95.0 Å². The summed E-state index contributed by atoms with van der Waals surface area (Å²) in [6.07, 6.45) is 1.73. The minimum atomic E-state index is -0.443. The van der Waals surface area contributed by atoms with Crippen LogP contribution in [-0.4, -0.2) is 53.8 Å². The van der Waals surface area contributed by atoms with Crippen LogP contribution in [0.25, 0.3) is 10.8 Å². The first kappa shape index (κ1) is 16.1. The molecule has 0 amide bonds. The number of hydrogen-bond donors (Lipinski definition) is 2. The molecule has 2 heterocycles. The van der Waals surface area contributed by atoms with Gasteiger partial charge in [0, 0.05) is 37.9 Å². The Bertz CT molecular complexity index is 937. The Balaban J connectivity index is 1.59. The Hall–Kier alpha value is -3.35. The number of benzene rings is 2. The Morgan fingerprint density at radius 1 is 1.12 bits per heavy atom. The Morgan fingerprint density at radius 2 is 1.85 bits per heavy atom. The quantitative estimate of drug-likeness (QED) is 0.371. The van der Waals surface area contributed by atoms with Gasteiger partial charge in [0.1, 0.15) is 0 Å². The smallest absolute Gasteiger partial charge is 0.365 e. The van der Waals surface area contributed by atoms with Crippen LogP contribution in [0.15, 0.2) is 59.4 Å². The second kappa shape index (κ2) is 6.51. The number of cyclic esters (lactones) is 1. The van der Waals surface area contributed by atoms with E-state index in [1.807, 2.05) is 47.4 Å². The molecule has 0 unspecified atom stereocenters. The molecule has 0 aliphatic carbocycles. The number of nitrogens with two attached hydrogens (primary N) is 1. The lowest BCUT2D eigenvalue weighted by Gasteiger charge is -2.34. The second-order valence-electron chi connectivity index (χ2n) is 6.26. The molecule has 0 radical (unpaired) electrons. The molecule has 7 nitrogen and oxygen atoms in total. The number of aliphatic imine (C=N–C) groups is 1. The summed E-state index contributed by atoms with van der Waals surface area (Å²) in [5.74, 6) is -0.0313. The fourth-order valence-corrected chi connectivity index (χ4v) is 3.19. The number of guanidine groups is 1. The monoisotopic (exact) mass is 349 g/mol. The molecule has 2 aromatic carbocycles. The van der Waals surface area contributed by atoms with Crippen molar-refractivity contribution >= 4 is 28.6 Å². The van der Waals surface area contributed by atoms with E-state index < -0.39 is 5.97 Å². The van der Waals surface area contributed by atoms with Crippen molar-refractivity contribution in [1.82, 2.24) is 9.80 Å². The number of carbonyl (C=O) groups excluding carboxylic acids is 1. The predicted molar refractivity (Wildman–Crippen MR) is 99.7 cm³/mol. The third kappa shape index (κ3) is 2.99. The van der Waals surface area contributed by atoms with Gasteiger partial charge in [-0.05, 0) is 16.8 Å². The van der Waals surface area contributed by atoms with Gasteiger partial charge in [0.15, 0.2) is 11.7 Å². The molecule has 0 saturated carbocycles. The highest BCUT2D eigenvalue weighted by molar-refractivity contribution is 6.16. The van der Waals surface area contributed by atoms with Gasteiger partial charge >= 0.3 is 5.97 Å². The van der Waals surface area contributed by atoms with Gasteiger partial charge in [0.25, 0.3) is 0 Å². The first-order chi connectivity index (χ1) is 12.6. The maximum absolute atomic E-state index is 12.2. The van der Waals surface area contributed by atoms with Gasteiger partial charge in [-0.1, -0.05) is 36.4 Å². The van der Waals surface area contributed by atoms with Crippen LogP contribution in [0.3, 0.4) is 0 Å². The lowest BCUT2D eigenvalue weighted by atomic mass is 10.0. The van der Waals surface area contributed by atoms with Crippen LogP contribution in [-0.2, 0) is 9.53 Å². The van der Waals surface area contributed by atoms with Crippen molar-refractivity contribution in [3.63, 3.8) is 0 Å². The number of fused-ring (bicyclic) bond motifs is 1. The SMILES string of the molecule is N=C(N)N1CCN(C=C2N=C(c3cccc4ccccc34)OC2=O)CC1. The molecular formula is C19H19N5O2. The summed E-state index contributed by atoms with van der Waals surface area (Å²) < 4.78 is 5.42. The fraction of sp³-hybridized carbons (Fsp3) is 0.211. The van der Waals surface area contributed by atoms with Gasteiger partial charge in [-0.3, -0.25) is 5.41 Å². The largest absolute Gasteiger partial charge is 0.402 e. The van der Waals surface area contributed by atoms with Gasteiger partial charge in [-0.15, -0.1) is 0 Å². The summed E-state index contributed by atoms with van der Waals surface area (Å²) in [6, 6.07) is 13.8. The van der Waals surface area contributed by atoms with Crippen molar-refractivity contribution in [2.75, 3.05) is 26.2 Å². The number of nitrogens with one attached hydrogen (secondary N) is 1. The van der Waals surface area contributed by atoms with E-state index >= 15 is 0 Å². The Kier molecular flexibility index (Phi) is 4.04. The Morgan fingerprint density at radius 3 is 2.62 bits per heavy atom. The number of nitrogens with zero attached hydrogens (tertiary/aromatic N) is 3. The zero-order valence-electron chi connectivity index (χ0n) is 14.2. The normalized spacial score (nSPS) is 19.0. The summed E-state index contributed by atoms with van der Waals surface area (Å²) >= 11 is 0. The number of esters is 1. The zero-order chi connectivity index (χ0) is 18.1. The molecular weight excluding hydrogens is 330 g/mol. The number of carbonyl (C=O) groups is 1. The van der Waals surface area contributed by atoms with Crippen LogP contribution in [0, 0.1) is 5.41 Å². The van der Waals surface area contributed by atoms with E-state index in [9.17, 15) is 4.79 Å². The summed E-state index contributed by atoms with van der Waals surface area (Å²) in [7, 11) is 0. The first-order valence-corrected chi connectivity index (χ1v) is 8.46. The molecule has 2 aliphatic rings. The van der Waals surface area contributed by atoms with E-state index in [-0.39, 0.29) is 5.96 Å². The van der Waals surface area contributed by atoms with Crippen molar-refractivity contribution < 1.29 is 9.53 Å². The minimum absolute atomic E-state index is 0.0776. The molecule has 7 heteroatoms. The number of piperazine rings is 1. The standard InChI is InChI=1S/C19H19N5O2/c20-19(21)24-10-8-23(9-11-24)12-16-18(25)26-17(22-16)15-7-3-5-13-4-1-2-6-14(13)15/h1-7,12H,8-11H2,(H3,20,21). The van der Waals surface area contributed by atoms with E-state index in [1.165, 1.54) is 0 Å². The molecule has 3 N–H and O–H groups in total. The summed E-state index contributed by atoms with van der Waals surface area (Å²) in [6.45, 7) is 2.65. The minimum Gasteiger partial charge on any atom is -0.402 e. The van der Waals surface area contributed by atoms with E-state index in [2.05, 4.69) is 4.99 Å². The van der Waals surface area contributed by atoms with Gasteiger partial charge < -0.3 is 20.3 Å². The molecule has 0 bridgehead atoms. The highest BCUT2D eigenvalue weighted by Gasteiger charge is 2.26. The molecule has 2 aliphatic heterocycles. The van der Waals surface area contributed by atoms with Crippen molar-refractivity contribution in [1.29, 1.82) is 5.41 Å². The number of hydrogen-bond acceptors (Lipinski definition) is 5. The van der Waals surface area contributed by atoms with Crippen LogP contribution in [0.5, 0.6) is 0 Å². The molecule has 1 saturated heterocycles. The van der Waals surface area contributed by atoms with Crippen molar-refractivity contribution in [2.45, 2.75) is 0 Å². The van der Waals surface area contributed by atoms with Crippen molar-refractivity contribution in [2.24, 2.45) is 10.7 Å². The third-order valence-electron chi connectivity index (χ3n) is 4.60. The number of ether oxygens (including phenoxy) is 1. The molecule has 2 aromatic rings. The van der Waals surface area contributed by atoms with E-state index in [0.29, 0.717) is 37.8 Å². The molecule has 1 fully saturated rings. The van der Waals surface area contributed by atoms with Gasteiger partial charge in [-0.25, -0.2) is 9.79 Å². The second-order valence-corrected chi connectivity index (χ2v) is 6.26. The van der Waals surface area contributed by atoms with Gasteiger partial charge in [0.2, 0.25) is 5.90 Å². The number of rotatable bonds is 2. The molecule has 0 spiro atoms. The molecule has 4 rings (SSSR count). The van der Waals surface area contributed by atoms with Crippen LogP contribution in [0.4, 0.5) is 0 Å². The van der Waals surface area contributed by atoms with Gasteiger partial charge in [0.05, 0.1) is 0 Å². The van der Waals surface area contributed by atoms with E-state index in [4.69, 9.17) is 15.9 Å². The van der Waals surface area contributed by atoms with Crippen LogP contribution in [0.1, 0.15) is 5.56 Å². The van der Waals surface area contributed by atoms with Crippen LogP contribution in [0.2, 0.25) is 0 Å². The van der Waals surface area contributed by atoms with Gasteiger partial charge in [-0.2, -0.15) is 0 Å². The Labute approximate surface area is 150 Å². The highest BCUT2D eigenvalue weighted by Crippen LogP contribution is 2.24. The molecule has 0 atom stereocenters. The first-order valence-electron chi connectivity index (χ1n) is 8.46. The lowest BCUT2D eigenvalue weighted by Crippen LogP contribution is -2.49. The maximum atomic E-state index is 12.2. The van der Waals surface area contributed by atoms with E-state index in [1.54, 1.807) is 11.1 Å². The van der Waals surface area contributed by atoms with Crippen LogP contribution >= 0.6 is 0 Å². The van der Waals surface area contributed by atoms with Crippen molar-refractivity contribution in [3.05, 3.63) is 59.9 Å². The lowest BCUT2D eigenvalue weighted by molar-refractivity contribution is -0.130. The molecule has 0 aromatic heterocycles. The average molecular weight is 349 g/mol. The maximum Gasteiger partial charge on any atom is 0.365 e. The summed E-state index contributed by atoms with van der Waals surface area (Å²) in [4.78, 5) is 20.5. The average Bonchev–Trinajstić information content (AvgIpc) is 3.02. The zero-order valence-corrected chi connectivity index (χ0v) is 14.2. The summed E-state index contributed by atoms with van der Waals surface area (Å²) in [5.41, 5.74) is 6.61. The molecule has 26 heavy (non-hydrogen) atoms. The van der Waals surface area contributed by atoms with E-state index in [0.717, 1.165) is 16.3 Å². The third-order valence-corrected chi connectivity index (χ3v) is 4.60. The molecule has 132 valence electrons. The van der Waals surface area contributed by atoms with Crippen LogP contribution < -0.4 is 5.73 Å². The summed E-state index contributed by atoms with van der Waals surface area (Å²) in [5, 5.41) is 9.54. The fourth-order valence-electron chi connectivity index (χ4n) is 3.19. The highest BCUT2D eigenvalue weighted by atomic mass is 16.6. The van der Waals surface area contributed by atoms with Crippen molar-refractivity contribution in [3.8, 4) is 0 Å².